The van der Waals surface area contributed by atoms with Crippen molar-refractivity contribution < 1.29 is 41.9 Å². The molecule has 10 heteroatoms. The summed E-state index contributed by atoms with van der Waals surface area (Å²) in [5.74, 6) is 1.60. The number of hydrogen-bond acceptors (Lipinski definition) is 5. The van der Waals surface area contributed by atoms with E-state index in [-0.39, 0.29) is 41.9 Å². The number of nitrogens with zero attached hydrogens (tertiary/aromatic N) is 5. The van der Waals surface area contributed by atoms with Crippen molar-refractivity contribution in [2.24, 2.45) is 0 Å². The molecule has 0 aliphatic rings. The Morgan fingerprint density at radius 1 is 0.442 bits per heavy atom. The molecule has 7 nitrogen and oxygen atoms in total. The zero-order valence-electron chi connectivity index (χ0n) is 22.9. The van der Waals surface area contributed by atoms with Gasteiger partial charge in [-0.3, -0.25) is 0 Å². The minimum Gasteiger partial charge on any atom is -1.00 e. The van der Waals surface area contributed by atoms with Gasteiger partial charge >= 0.3 is 17.1 Å². The molecule has 43 heavy (non-hydrogen) atoms. The van der Waals surface area contributed by atoms with Crippen molar-refractivity contribution in [1.82, 2.24) is 24.1 Å². The molecule has 0 atom stereocenters. The van der Waals surface area contributed by atoms with Crippen LogP contribution in [0.4, 0.5) is 11.4 Å². The van der Waals surface area contributed by atoms with Crippen molar-refractivity contribution >= 4 is 33.4 Å². The number of anilines is 2. The third kappa shape index (κ3) is 6.53. The van der Waals surface area contributed by atoms with E-state index in [1.807, 2.05) is 91.0 Å². The molecule has 0 spiro atoms. The molecule has 0 fully saturated rings. The Balaban J connectivity index is 0.00000141. The molecule has 3 heterocycles. The molecule has 0 radical (unpaired) electrons. The minimum atomic E-state index is 0. The smallest absolute Gasteiger partial charge is 1.00 e. The van der Waals surface area contributed by atoms with E-state index in [0.717, 1.165) is 56.5 Å². The summed E-state index contributed by atoms with van der Waals surface area (Å²) in [4.78, 5) is 15.1. The number of pyridine rings is 1. The van der Waals surface area contributed by atoms with Crippen LogP contribution in [0.3, 0.4) is 0 Å². The van der Waals surface area contributed by atoms with Crippen LogP contribution in [0.2, 0.25) is 0 Å². The van der Waals surface area contributed by atoms with Crippen molar-refractivity contribution in [3.05, 3.63) is 127 Å². The van der Waals surface area contributed by atoms with Crippen molar-refractivity contribution in [1.29, 1.82) is 0 Å². The molecule has 0 aliphatic carbocycles. The fraction of sp³-hybridized carbons (Fsp3) is 0.0606. The molecule has 0 bridgehead atoms. The first-order valence-electron chi connectivity index (χ1n) is 13.3. The summed E-state index contributed by atoms with van der Waals surface area (Å²) in [7, 11) is 0. The van der Waals surface area contributed by atoms with Gasteiger partial charge in [0, 0.05) is 11.4 Å². The number of hydrogen-bond donors (Lipinski definition) is 2. The average Bonchev–Trinajstić information content (AvgIpc) is 3.59. The van der Waals surface area contributed by atoms with Crippen molar-refractivity contribution in [2.75, 3.05) is 10.6 Å². The molecule has 0 aliphatic heterocycles. The first-order valence-corrected chi connectivity index (χ1v) is 13.3. The molecule has 4 aromatic carbocycles. The van der Waals surface area contributed by atoms with Gasteiger partial charge in [0.1, 0.15) is 11.4 Å². The molecule has 216 valence electrons. The molecular weight excluding hydrogens is 621 g/mol. The van der Waals surface area contributed by atoms with Gasteiger partial charge in [0.05, 0.1) is 35.4 Å². The Labute approximate surface area is 272 Å². The number of halogens is 2. The number of imidazole rings is 2. The molecule has 7 aromatic rings. The second kappa shape index (κ2) is 14.2. The molecule has 2 N–H and O–H groups in total. The quantitative estimate of drug-likeness (QED) is 0.243. The van der Waals surface area contributed by atoms with E-state index >= 15 is 0 Å². The van der Waals surface area contributed by atoms with E-state index < -0.39 is 0 Å². The van der Waals surface area contributed by atoms with Crippen LogP contribution in [0, 0.1) is 0 Å². The van der Waals surface area contributed by atoms with Crippen molar-refractivity contribution in [3.8, 4) is 23.0 Å². The predicted octanol–water partition coefficient (Wildman–Crippen LogP) is 1.26. The first kappa shape index (κ1) is 31.6. The van der Waals surface area contributed by atoms with Gasteiger partial charge in [0.15, 0.2) is 11.6 Å². The maximum atomic E-state index is 5.11. The summed E-state index contributed by atoms with van der Waals surface area (Å²) >= 11 is 0. The van der Waals surface area contributed by atoms with Gasteiger partial charge < -0.3 is 44.6 Å². The standard InChI is InChI=1S/C33H27N7.2ClH.Fe/c1-3-12-24(13-4-1)34-22-39-30-20-9-7-16-26(30)37-32(39)28-18-11-19-29(36-28)33-38-27-17-8-10-21-31(27)40(33)23-35-25-14-5-2-6-15-25;;;/h1-21,34-35H,22-23H2;2*1H;/q;;;+2/p-2. The monoisotopic (exact) mass is 647 g/mol. The summed E-state index contributed by atoms with van der Waals surface area (Å²) in [5, 5.41) is 7.05. The zero-order valence-corrected chi connectivity index (χ0v) is 25.5. The van der Waals surface area contributed by atoms with Crippen LogP contribution in [-0.4, -0.2) is 24.1 Å². The predicted molar refractivity (Wildman–Crippen MR) is 162 cm³/mol. The molecular formula is C33H27Cl2FeN7. The first-order chi connectivity index (χ1) is 19.8. The van der Waals surface area contributed by atoms with Gasteiger partial charge in [0.2, 0.25) is 0 Å². The Kier molecular flexibility index (Phi) is 10.5. The molecule has 0 saturated carbocycles. The van der Waals surface area contributed by atoms with Crippen molar-refractivity contribution in [3.63, 3.8) is 0 Å². The van der Waals surface area contributed by atoms with Gasteiger partial charge in [-0.1, -0.05) is 66.7 Å². The maximum absolute atomic E-state index is 5.11. The molecule has 7 rings (SSSR count). The normalized spacial score (nSPS) is 10.4. The Morgan fingerprint density at radius 2 is 0.837 bits per heavy atom. The van der Waals surface area contributed by atoms with E-state index in [0.29, 0.717) is 13.3 Å². The Hall–Kier alpha value is -4.33. The Bertz CT molecular complexity index is 1790. The largest absolute Gasteiger partial charge is 2.00 e. The summed E-state index contributed by atoms with van der Waals surface area (Å²) in [6, 6.07) is 42.8. The molecule has 0 unspecified atom stereocenters. The Morgan fingerprint density at radius 3 is 1.28 bits per heavy atom. The van der Waals surface area contributed by atoms with E-state index in [9.17, 15) is 0 Å². The van der Waals surface area contributed by atoms with Gasteiger partial charge in [0.25, 0.3) is 0 Å². The number of para-hydroxylation sites is 6. The van der Waals surface area contributed by atoms with Crippen LogP contribution in [0.5, 0.6) is 0 Å². The van der Waals surface area contributed by atoms with Gasteiger partial charge in [-0.25, -0.2) is 15.0 Å². The second-order valence-electron chi connectivity index (χ2n) is 9.51. The molecule has 0 saturated heterocycles. The number of benzene rings is 4. The third-order valence-electron chi connectivity index (χ3n) is 6.95. The third-order valence-corrected chi connectivity index (χ3v) is 6.95. The van der Waals surface area contributed by atoms with Crippen molar-refractivity contribution in [2.45, 2.75) is 13.3 Å². The van der Waals surface area contributed by atoms with Crippen LogP contribution < -0.4 is 35.4 Å². The average molecular weight is 648 g/mol. The number of rotatable bonds is 8. The number of fused-ring (bicyclic) bond motifs is 2. The maximum Gasteiger partial charge on any atom is 2.00 e. The molecule has 0 amide bonds. The summed E-state index contributed by atoms with van der Waals surface area (Å²) < 4.78 is 4.35. The van der Waals surface area contributed by atoms with Crippen LogP contribution in [0.15, 0.2) is 127 Å². The SMILES string of the molecule is [Cl-].[Cl-].[Fe+2].c1ccc(NCn2c(-c3cccc(-c4nc5ccccc5n4CNc4ccccc4)n3)nc3ccccc32)cc1. The number of aromatic nitrogens is 5. The summed E-state index contributed by atoms with van der Waals surface area (Å²) in [6.07, 6.45) is 0. The fourth-order valence-corrected chi connectivity index (χ4v) is 5.00. The second-order valence-corrected chi connectivity index (χ2v) is 9.51. The van der Waals surface area contributed by atoms with Crippen LogP contribution in [-0.2, 0) is 30.4 Å². The van der Waals surface area contributed by atoms with Crippen LogP contribution >= 0.6 is 0 Å². The molecule has 3 aromatic heterocycles. The van der Waals surface area contributed by atoms with Gasteiger partial charge in [-0.2, -0.15) is 0 Å². The summed E-state index contributed by atoms with van der Waals surface area (Å²) in [6.45, 7) is 1.12. The summed E-state index contributed by atoms with van der Waals surface area (Å²) in [5.41, 5.74) is 7.63. The number of nitrogens with one attached hydrogen (secondary N) is 2. The van der Waals surface area contributed by atoms with Gasteiger partial charge in [-0.05, 0) is 60.7 Å². The van der Waals surface area contributed by atoms with E-state index in [1.54, 1.807) is 0 Å². The zero-order chi connectivity index (χ0) is 26.7. The van der Waals surface area contributed by atoms with E-state index in [4.69, 9.17) is 15.0 Å². The topological polar surface area (TPSA) is 72.6 Å². The van der Waals surface area contributed by atoms with Crippen LogP contribution in [0.25, 0.3) is 45.1 Å². The van der Waals surface area contributed by atoms with Crippen LogP contribution in [0.1, 0.15) is 0 Å². The van der Waals surface area contributed by atoms with E-state index in [1.165, 1.54) is 0 Å². The van der Waals surface area contributed by atoms with Gasteiger partial charge in [-0.15, -0.1) is 0 Å². The minimum absolute atomic E-state index is 0. The van der Waals surface area contributed by atoms with E-state index in [2.05, 4.69) is 56.2 Å². The fourth-order valence-electron chi connectivity index (χ4n) is 5.00.